The second-order valence-electron chi connectivity index (χ2n) is 2.45. The van der Waals surface area contributed by atoms with Gasteiger partial charge in [0.1, 0.15) is 0 Å². The first-order valence-electron chi connectivity index (χ1n) is 3.62. The van der Waals surface area contributed by atoms with Crippen LogP contribution in [-0.4, -0.2) is 9.78 Å². The van der Waals surface area contributed by atoms with E-state index in [4.69, 9.17) is 6.57 Å². The maximum Gasteiger partial charge on any atom is 0.230 e. The summed E-state index contributed by atoms with van der Waals surface area (Å²) in [6.45, 7) is 13.5. The Hall–Kier alpha value is -1.30. The van der Waals surface area contributed by atoms with Crippen LogP contribution in [0.15, 0.2) is 0 Å². The summed E-state index contributed by atoms with van der Waals surface area (Å²) >= 11 is 0. The molecule has 0 aliphatic rings. The average Bonchev–Trinajstić information content (AvgIpc) is 2.26. The molecule has 0 radical (unpaired) electrons. The molecule has 0 aliphatic carbocycles. The highest BCUT2D eigenvalue weighted by molar-refractivity contribution is 5.52. The van der Waals surface area contributed by atoms with E-state index in [0.29, 0.717) is 5.69 Å². The molecule has 0 atom stereocenters. The van der Waals surface area contributed by atoms with Crippen LogP contribution in [-0.2, 0) is 6.54 Å². The molecule has 0 saturated heterocycles. The fraction of sp³-hybridized carbons (Fsp3) is 0.500. The summed E-state index contributed by atoms with van der Waals surface area (Å²) in [5.74, 6) is 0. The summed E-state index contributed by atoms with van der Waals surface area (Å²) in [6.07, 6.45) is 0. The smallest absolute Gasteiger partial charge is 0.230 e. The molecule has 3 nitrogen and oxygen atoms in total. The third-order valence-electron chi connectivity index (χ3n) is 1.75. The molecule has 0 spiro atoms. The van der Waals surface area contributed by atoms with Gasteiger partial charge >= 0.3 is 0 Å². The van der Waals surface area contributed by atoms with E-state index in [2.05, 4.69) is 9.94 Å². The minimum absolute atomic E-state index is 0.701. The first-order chi connectivity index (χ1) is 5.20. The van der Waals surface area contributed by atoms with Gasteiger partial charge in [-0.3, -0.25) is 4.68 Å². The molecule has 1 aromatic rings. The molecule has 0 saturated carbocycles. The zero-order valence-electron chi connectivity index (χ0n) is 7.05. The van der Waals surface area contributed by atoms with Crippen LogP contribution in [0.3, 0.4) is 0 Å². The van der Waals surface area contributed by atoms with Gasteiger partial charge in [0.2, 0.25) is 5.69 Å². The van der Waals surface area contributed by atoms with Crippen LogP contribution in [0, 0.1) is 20.4 Å². The molecule has 0 aromatic carbocycles. The summed E-state index contributed by atoms with van der Waals surface area (Å²) in [5.41, 5.74) is 2.51. The molecule has 0 aliphatic heterocycles. The minimum Gasteiger partial charge on any atom is -0.281 e. The first-order valence-corrected chi connectivity index (χ1v) is 3.62. The van der Waals surface area contributed by atoms with Gasteiger partial charge in [0.15, 0.2) is 0 Å². The molecular weight excluding hydrogens is 138 g/mol. The Bertz CT molecular complexity index is 304. The van der Waals surface area contributed by atoms with E-state index in [0.717, 1.165) is 17.9 Å². The van der Waals surface area contributed by atoms with E-state index in [1.807, 2.05) is 25.5 Å². The second kappa shape index (κ2) is 2.75. The third-order valence-corrected chi connectivity index (χ3v) is 1.75. The molecule has 1 aromatic heterocycles. The standard InChI is InChI=1S/C8H11N3/c1-5-11-7(3)8(9-4)6(2)10-11/h5H2,1-3H3. The van der Waals surface area contributed by atoms with Crippen LogP contribution in [0.4, 0.5) is 5.69 Å². The van der Waals surface area contributed by atoms with E-state index in [9.17, 15) is 0 Å². The second-order valence-corrected chi connectivity index (χ2v) is 2.45. The van der Waals surface area contributed by atoms with E-state index in [1.54, 1.807) is 0 Å². The Morgan fingerprint density at radius 3 is 2.45 bits per heavy atom. The average molecular weight is 149 g/mol. The largest absolute Gasteiger partial charge is 0.281 e. The van der Waals surface area contributed by atoms with Crippen LogP contribution in [0.25, 0.3) is 4.85 Å². The van der Waals surface area contributed by atoms with Crippen LogP contribution >= 0.6 is 0 Å². The molecule has 0 N–H and O–H groups in total. The van der Waals surface area contributed by atoms with Crippen molar-refractivity contribution in [3.8, 4) is 0 Å². The molecule has 1 rings (SSSR count). The van der Waals surface area contributed by atoms with Gasteiger partial charge < -0.3 is 0 Å². The van der Waals surface area contributed by atoms with Crippen LogP contribution in [0.5, 0.6) is 0 Å². The van der Waals surface area contributed by atoms with Crippen molar-refractivity contribution < 1.29 is 0 Å². The lowest BCUT2D eigenvalue weighted by atomic mass is 10.3. The van der Waals surface area contributed by atoms with Crippen LogP contribution in [0.2, 0.25) is 0 Å². The lowest BCUT2D eigenvalue weighted by molar-refractivity contribution is 0.634. The maximum absolute atomic E-state index is 6.89. The predicted octanol–water partition coefficient (Wildman–Crippen LogP) is 2.07. The zero-order valence-corrected chi connectivity index (χ0v) is 7.05. The molecule has 0 amide bonds. The van der Waals surface area contributed by atoms with Gasteiger partial charge in [-0.1, -0.05) is 0 Å². The maximum atomic E-state index is 6.89. The van der Waals surface area contributed by atoms with Crippen molar-refractivity contribution >= 4 is 5.69 Å². The molecule has 58 valence electrons. The van der Waals surface area contributed by atoms with Crippen molar-refractivity contribution in [3.63, 3.8) is 0 Å². The third kappa shape index (κ3) is 1.12. The number of hydrogen-bond donors (Lipinski definition) is 0. The molecule has 3 heteroatoms. The van der Waals surface area contributed by atoms with Crippen molar-refractivity contribution in [1.29, 1.82) is 0 Å². The molecule has 0 bridgehead atoms. The topological polar surface area (TPSA) is 22.2 Å². The highest BCUT2D eigenvalue weighted by Gasteiger charge is 2.08. The first kappa shape index (κ1) is 7.80. The Morgan fingerprint density at radius 2 is 2.18 bits per heavy atom. The summed E-state index contributed by atoms with van der Waals surface area (Å²) in [7, 11) is 0. The van der Waals surface area contributed by atoms with E-state index in [-0.39, 0.29) is 0 Å². The number of aromatic nitrogens is 2. The highest BCUT2D eigenvalue weighted by atomic mass is 15.3. The monoisotopic (exact) mass is 149 g/mol. The number of nitrogens with zero attached hydrogens (tertiary/aromatic N) is 3. The Labute approximate surface area is 66.5 Å². The zero-order chi connectivity index (χ0) is 8.43. The van der Waals surface area contributed by atoms with Crippen molar-refractivity contribution in [2.24, 2.45) is 0 Å². The van der Waals surface area contributed by atoms with Gasteiger partial charge in [-0.05, 0) is 20.8 Å². The Balaban J connectivity index is 3.28. The summed E-state index contributed by atoms with van der Waals surface area (Å²) in [4.78, 5) is 3.40. The van der Waals surface area contributed by atoms with Crippen molar-refractivity contribution in [1.82, 2.24) is 9.78 Å². The molecule has 0 fully saturated rings. The summed E-state index contributed by atoms with van der Waals surface area (Å²) < 4.78 is 1.85. The fourth-order valence-corrected chi connectivity index (χ4v) is 1.16. The fourth-order valence-electron chi connectivity index (χ4n) is 1.16. The molecule has 11 heavy (non-hydrogen) atoms. The predicted molar refractivity (Wildman–Crippen MR) is 43.6 cm³/mol. The van der Waals surface area contributed by atoms with Gasteiger partial charge in [-0.15, -0.1) is 0 Å². The van der Waals surface area contributed by atoms with E-state index in [1.165, 1.54) is 0 Å². The molecule has 0 unspecified atom stereocenters. The van der Waals surface area contributed by atoms with Crippen LogP contribution < -0.4 is 0 Å². The highest BCUT2D eigenvalue weighted by Crippen LogP contribution is 2.21. The van der Waals surface area contributed by atoms with E-state index < -0.39 is 0 Å². The van der Waals surface area contributed by atoms with Gasteiger partial charge in [0, 0.05) is 12.2 Å². The SMILES string of the molecule is [C-]#[N+]c1c(C)nn(CC)c1C. The lowest BCUT2D eigenvalue weighted by Gasteiger charge is -1.96. The number of hydrogen-bond acceptors (Lipinski definition) is 1. The lowest BCUT2D eigenvalue weighted by Crippen LogP contribution is -1.98. The molecule has 1 heterocycles. The van der Waals surface area contributed by atoms with Crippen LogP contribution in [0.1, 0.15) is 18.3 Å². The van der Waals surface area contributed by atoms with Gasteiger partial charge in [-0.25, -0.2) is 4.85 Å². The van der Waals surface area contributed by atoms with E-state index >= 15 is 0 Å². The van der Waals surface area contributed by atoms with Crippen molar-refractivity contribution in [3.05, 3.63) is 22.8 Å². The quantitative estimate of drug-likeness (QED) is 0.560. The summed E-state index contributed by atoms with van der Waals surface area (Å²) in [6, 6.07) is 0. The Kier molecular flexibility index (Phi) is 1.95. The van der Waals surface area contributed by atoms with Gasteiger partial charge in [-0.2, -0.15) is 5.10 Å². The molecular formula is C8H11N3. The summed E-state index contributed by atoms with van der Waals surface area (Å²) in [5, 5.41) is 4.20. The van der Waals surface area contributed by atoms with Crippen molar-refractivity contribution in [2.45, 2.75) is 27.3 Å². The normalized spacial score (nSPS) is 9.64. The minimum atomic E-state index is 0.701. The van der Waals surface area contributed by atoms with Crippen molar-refractivity contribution in [2.75, 3.05) is 0 Å². The van der Waals surface area contributed by atoms with Gasteiger partial charge in [0.05, 0.1) is 12.3 Å². The number of rotatable bonds is 1. The Morgan fingerprint density at radius 1 is 1.55 bits per heavy atom. The number of aryl methyl sites for hydroxylation is 2. The van der Waals surface area contributed by atoms with Gasteiger partial charge in [0.25, 0.3) is 0 Å².